The minimum atomic E-state index is -3.99. The number of aromatic carboxylic acids is 1. The highest BCUT2D eigenvalue weighted by atomic mass is 32.2. The summed E-state index contributed by atoms with van der Waals surface area (Å²) in [7, 11) is -2.33. The van der Waals surface area contributed by atoms with E-state index >= 15 is 0 Å². The number of hydrogen-bond donors (Lipinski definition) is 1. The molecule has 1 aliphatic heterocycles. The first-order valence-corrected chi connectivity index (χ1v) is 16.7. The average Bonchev–Trinajstić information content (AvgIpc) is 3.52. The Morgan fingerprint density at radius 1 is 1.02 bits per heavy atom. The first kappa shape index (κ1) is 29.3. The Hall–Kier alpha value is -3.73. The van der Waals surface area contributed by atoms with Crippen molar-refractivity contribution in [2.24, 2.45) is 5.92 Å². The second-order valence-electron chi connectivity index (χ2n) is 11.1. The summed E-state index contributed by atoms with van der Waals surface area (Å²) in [4.78, 5) is 14.9. The number of para-hydroxylation sites is 1. The third-order valence-electron chi connectivity index (χ3n) is 8.57. The molecular weight excluding hydrogens is 588 g/mol. The summed E-state index contributed by atoms with van der Waals surface area (Å²) in [5.74, 6) is -1.68. The molecule has 6 rings (SSSR count). The van der Waals surface area contributed by atoms with Crippen LogP contribution in [-0.2, 0) is 16.6 Å². The number of likely N-dealkylation sites (N-methyl/N-ethyl adjacent to an activating group) is 1. The van der Waals surface area contributed by atoms with Gasteiger partial charge in [0.05, 0.1) is 11.3 Å². The van der Waals surface area contributed by atoms with Crippen LogP contribution in [-0.4, -0.2) is 43.4 Å². The SMILES string of the molecule is CN1[C@H](C2CCCCC2)CN(c2ccccc2)c2cc(OCc3cccs3)c(-c3ccc(F)c(C(=O)O)c3)cc2S1(=O)=O. The molecule has 0 saturated heterocycles. The van der Waals surface area contributed by atoms with Gasteiger partial charge in [0.25, 0.3) is 0 Å². The Balaban J connectivity index is 1.57. The molecule has 0 amide bonds. The van der Waals surface area contributed by atoms with Crippen LogP contribution in [0.2, 0.25) is 0 Å². The first-order valence-electron chi connectivity index (χ1n) is 14.4. The molecule has 0 bridgehead atoms. The quantitative estimate of drug-likeness (QED) is 0.230. The molecule has 43 heavy (non-hydrogen) atoms. The highest BCUT2D eigenvalue weighted by Gasteiger charge is 2.41. The summed E-state index contributed by atoms with van der Waals surface area (Å²) in [6.45, 7) is 0.708. The second kappa shape index (κ2) is 12.1. The van der Waals surface area contributed by atoms with E-state index in [-0.39, 0.29) is 23.5 Å². The number of sulfonamides is 1. The van der Waals surface area contributed by atoms with Gasteiger partial charge in [-0.15, -0.1) is 11.3 Å². The van der Waals surface area contributed by atoms with Crippen molar-refractivity contribution < 1.29 is 27.4 Å². The van der Waals surface area contributed by atoms with Crippen molar-refractivity contribution in [2.45, 2.75) is 49.6 Å². The zero-order valence-corrected chi connectivity index (χ0v) is 25.4. The van der Waals surface area contributed by atoms with Gasteiger partial charge in [-0.25, -0.2) is 17.6 Å². The molecule has 1 aromatic heterocycles. The number of hydrogen-bond acceptors (Lipinski definition) is 6. The monoisotopic (exact) mass is 620 g/mol. The maximum atomic E-state index is 14.4. The Morgan fingerprint density at radius 2 is 1.79 bits per heavy atom. The molecule has 0 spiro atoms. The maximum Gasteiger partial charge on any atom is 0.338 e. The molecule has 1 N–H and O–H groups in total. The molecule has 4 aromatic rings. The van der Waals surface area contributed by atoms with E-state index in [4.69, 9.17) is 4.74 Å². The molecule has 3 aromatic carbocycles. The van der Waals surface area contributed by atoms with Crippen LogP contribution in [0, 0.1) is 11.7 Å². The number of carboxylic acid groups (broad SMARTS) is 1. The zero-order chi connectivity index (χ0) is 30.1. The van der Waals surface area contributed by atoms with Gasteiger partial charge < -0.3 is 14.7 Å². The van der Waals surface area contributed by atoms with E-state index in [0.717, 1.165) is 48.7 Å². The third kappa shape index (κ3) is 5.79. The third-order valence-corrected chi connectivity index (χ3v) is 11.3. The summed E-state index contributed by atoms with van der Waals surface area (Å²) in [5.41, 5.74) is 1.57. The largest absolute Gasteiger partial charge is 0.487 e. The van der Waals surface area contributed by atoms with Gasteiger partial charge in [-0.1, -0.05) is 49.6 Å². The Labute approximate surface area is 255 Å². The van der Waals surface area contributed by atoms with E-state index in [2.05, 4.69) is 4.90 Å². The van der Waals surface area contributed by atoms with E-state index in [1.54, 1.807) is 19.2 Å². The van der Waals surface area contributed by atoms with Crippen LogP contribution < -0.4 is 9.64 Å². The van der Waals surface area contributed by atoms with Crippen LogP contribution in [0.1, 0.15) is 47.3 Å². The average molecular weight is 621 g/mol. The van der Waals surface area contributed by atoms with Gasteiger partial charge in [-0.2, -0.15) is 4.31 Å². The maximum absolute atomic E-state index is 14.4. The lowest BCUT2D eigenvalue weighted by molar-refractivity contribution is 0.0692. The van der Waals surface area contributed by atoms with Gasteiger partial charge in [0.2, 0.25) is 10.0 Å². The number of anilines is 2. The number of rotatable bonds is 7. The van der Waals surface area contributed by atoms with Crippen molar-refractivity contribution >= 4 is 38.7 Å². The molecule has 0 unspecified atom stereocenters. The summed E-state index contributed by atoms with van der Waals surface area (Å²) in [6.07, 6.45) is 5.25. The summed E-state index contributed by atoms with van der Waals surface area (Å²) in [5, 5.41) is 11.6. The van der Waals surface area contributed by atoms with Crippen molar-refractivity contribution in [1.82, 2.24) is 4.31 Å². The summed E-state index contributed by atoms with van der Waals surface area (Å²) < 4.78 is 51.1. The predicted octanol–water partition coefficient (Wildman–Crippen LogP) is 7.55. The van der Waals surface area contributed by atoms with E-state index in [1.807, 2.05) is 47.8 Å². The molecule has 0 radical (unpaired) electrons. The minimum absolute atomic E-state index is 0.0943. The standard InChI is InChI=1S/C33H33FN2O5S2/c1-35-30(22-9-4-2-5-10-22)20-36(24-11-6-3-7-12-24)29-19-31(41-21-25-13-8-16-42-25)26(18-32(29)43(35,39)40)23-14-15-28(34)27(17-23)33(37)38/h3,6-8,11-19,22,30H,2,4-5,9-10,20-21H2,1H3,(H,37,38)/t30-/m0/s1. The molecule has 10 heteroatoms. The van der Waals surface area contributed by atoms with E-state index in [1.165, 1.54) is 27.8 Å². The number of fused-ring (bicyclic) bond motifs is 1. The molecule has 224 valence electrons. The van der Waals surface area contributed by atoms with Gasteiger partial charge in [0.15, 0.2) is 0 Å². The van der Waals surface area contributed by atoms with Gasteiger partial charge >= 0.3 is 5.97 Å². The number of halogens is 1. The van der Waals surface area contributed by atoms with Gasteiger partial charge in [-0.05, 0) is 66.1 Å². The van der Waals surface area contributed by atoms with E-state index in [0.29, 0.717) is 29.1 Å². The number of thiophene rings is 1. The predicted molar refractivity (Wildman–Crippen MR) is 166 cm³/mol. The molecule has 2 heterocycles. The lowest BCUT2D eigenvalue weighted by Gasteiger charge is -2.36. The number of ether oxygens (including phenoxy) is 1. The van der Waals surface area contributed by atoms with Crippen LogP contribution in [0.3, 0.4) is 0 Å². The number of nitrogens with zero attached hydrogens (tertiary/aromatic N) is 2. The topological polar surface area (TPSA) is 87.2 Å². The fourth-order valence-corrected chi connectivity index (χ4v) is 8.48. The van der Waals surface area contributed by atoms with E-state index < -0.39 is 27.4 Å². The number of carbonyl (C=O) groups is 1. The summed E-state index contributed by atoms with van der Waals surface area (Å²) >= 11 is 1.53. The van der Waals surface area contributed by atoms with Crippen LogP contribution in [0.25, 0.3) is 11.1 Å². The van der Waals surface area contributed by atoms with Gasteiger partial charge in [-0.3, -0.25) is 0 Å². The second-order valence-corrected chi connectivity index (χ2v) is 14.1. The number of carboxylic acids is 1. The van der Waals surface area contributed by atoms with Crippen LogP contribution in [0.5, 0.6) is 5.75 Å². The fourth-order valence-electron chi connectivity index (χ4n) is 6.26. The number of benzene rings is 3. The summed E-state index contributed by atoms with van der Waals surface area (Å²) in [6, 6.07) is 20.4. The van der Waals surface area contributed by atoms with Crippen molar-refractivity contribution in [3.8, 4) is 16.9 Å². The highest BCUT2D eigenvalue weighted by molar-refractivity contribution is 7.89. The fraction of sp³-hybridized carbons (Fsp3) is 0.303. The van der Waals surface area contributed by atoms with Crippen molar-refractivity contribution in [3.63, 3.8) is 0 Å². The molecular formula is C33H33FN2O5S2. The normalized spacial score (nSPS) is 19.0. The molecule has 1 fully saturated rings. The van der Waals surface area contributed by atoms with Crippen LogP contribution >= 0.6 is 11.3 Å². The van der Waals surface area contributed by atoms with Gasteiger partial charge in [0.1, 0.15) is 23.1 Å². The molecule has 7 nitrogen and oxygen atoms in total. The lowest BCUT2D eigenvalue weighted by atomic mass is 9.83. The molecule has 1 atom stereocenters. The Bertz CT molecular complexity index is 1720. The molecule has 1 saturated carbocycles. The van der Waals surface area contributed by atoms with Crippen molar-refractivity contribution in [1.29, 1.82) is 0 Å². The minimum Gasteiger partial charge on any atom is -0.487 e. The van der Waals surface area contributed by atoms with E-state index in [9.17, 15) is 22.7 Å². The van der Waals surface area contributed by atoms with Crippen LogP contribution in [0.4, 0.5) is 15.8 Å². The zero-order valence-electron chi connectivity index (χ0n) is 23.8. The Kier molecular flexibility index (Phi) is 8.26. The first-order chi connectivity index (χ1) is 20.7. The van der Waals surface area contributed by atoms with Gasteiger partial charge in [0, 0.05) is 41.8 Å². The molecule has 1 aliphatic carbocycles. The van der Waals surface area contributed by atoms with Crippen molar-refractivity contribution in [3.05, 3.63) is 94.4 Å². The van der Waals surface area contributed by atoms with Crippen molar-refractivity contribution in [2.75, 3.05) is 18.5 Å². The van der Waals surface area contributed by atoms with Crippen LogP contribution in [0.15, 0.2) is 83.1 Å². The Morgan fingerprint density at radius 3 is 2.49 bits per heavy atom. The molecule has 2 aliphatic rings. The highest BCUT2D eigenvalue weighted by Crippen LogP contribution is 2.46. The smallest absolute Gasteiger partial charge is 0.338 e. The lowest BCUT2D eigenvalue weighted by Crippen LogP contribution is -2.46.